The van der Waals surface area contributed by atoms with E-state index in [2.05, 4.69) is 16.0 Å². The number of H-pyrrole nitrogens is 1. The summed E-state index contributed by atoms with van der Waals surface area (Å²) in [4.78, 5) is 36.9. The van der Waals surface area contributed by atoms with E-state index in [0.717, 1.165) is 30.7 Å². The van der Waals surface area contributed by atoms with Gasteiger partial charge in [0.25, 0.3) is 11.8 Å². The van der Waals surface area contributed by atoms with Crippen molar-refractivity contribution in [2.24, 2.45) is 0 Å². The molecule has 1 N–H and O–H groups in total. The van der Waals surface area contributed by atoms with E-state index in [1.807, 2.05) is 35.8 Å². The topological polar surface area (TPSA) is 69.3 Å². The number of nitrogens with zero attached hydrogens (tertiary/aromatic N) is 3. The molecule has 2 amide bonds. The van der Waals surface area contributed by atoms with Gasteiger partial charge in [-0.3, -0.25) is 9.59 Å². The van der Waals surface area contributed by atoms with Gasteiger partial charge in [0, 0.05) is 37.7 Å². The highest BCUT2D eigenvalue weighted by molar-refractivity contribution is 5.96. The van der Waals surface area contributed by atoms with E-state index >= 15 is 0 Å². The summed E-state index contributed by atoms with van der Waals surface area (Å²) in [6.07, 6.45) is 6.04. The lowest BCUT2D eigenvalue weighted by molar-refractivity contribution is 0.0531. The number of imidazole rings is 1. The van der Waals surface area contributed by atoms with Crippen LogP contribution in [-0.2, 0) is 12.8 Å². The number of carbonyl (C=O) groups excluding carboxylic acids is 2. The van der Waals surface area contributed by atoms with Crippen LogP contribution in [0.25, 0.3) is 0 Å². The first-order chi connectivity index (χ1) is 13.5. The number of fused-ring (bicyclic) bond motifs is 1. The fraction of sp³-hybridized carbons (Fsp3) is 0.500. The van der Waals surface area contributed by atoms with Crippen LogP contribution < -0.4 is 0 Å². The first-order valence-electron chi connectivity index (χ1n) is 10.3. The van der Waals surface area contributed by atoms with E-state index in [1.165, 1.54) is 17.5 Å². The molecule has 1 saturated heterocycles. The molecule has 1 aromatic heterocycles. The predicted molar refractivity (Wildman–Crippen MR) is 108 cm³/mol. The summed E-state index contributed by atoms with van der Waals surface area (Å²) < 4.78 is 0. The molecule has 0 atom stereocenters. The van der Waals surface area contributed by atoms with Crippen LogP contribution in [0.15, 0.2) is 24.4 Å². The number of rotatable bonds is 3. The molecule has 0 bridgehead atoms. The first kappa shape index (κ1) is 18.7. The molecule has 0 radical (unpaired) electrons. The van der Waals surface area contributed by atoms with Gasteiger partial charge in [0.2, 0.25) is 0 Å². The molecule has 1 aliphatic heterocycles. The maximum atomic E-state index is 13.1. The quantitative estimate of drug-likeness (QED) is 0.890. The molecular weight excluding hydrogens is 352 g/mol. The summed E-state index contributed by atoms with van der Waals surface area (Å²) in [6.45, 7) is 6.32. The Morgan fingerprint density at radius 2 is 1.68 bits per heavy atom. The number of hydrogen-bond donors (Lipinski definition) is 1. The molecule has 2 heterocycles. The van der Waals surface area contributed by atoms with Crippen molar-refractivity contribution in [1.29, 1.82) is 0 Å². The molecule has 1 aliphatic carbocycles. The average molecular weight is 380 g/mol. The van der Waals surface area contributed by atoms with Gasteiger partial charge in [-0.25, -0.2) is 4.98 Å². The minimum atomic E-state index is -0.0383. The zero-order valence-electron chi connectivity index (χ0n) is 16.7. The highest BCUT2D eigenvalue weighted by Gasteiger charge is 2.28. The lowest BCUT2D eigenvalue weighted by Gasteiger charge is -2.35. The van der Waals surface area contributed by atoms with Crippen molar-refractivity contribution in [1.82, 2.24) is 19.8 Å². The molecule has 0 spiro atoms. The zero-order chi connectivity index (χ0) is 19.7. The predicted octanol–water partition coefficient (Wildman–Crippen LogP) is 3.01. The maximum Gasteiger partial charge on any atom is 0.272 e. The molecule has 0 unspecified atom stereocenters. The summed E-state index contributed by atoms with van der Waals surface area (Å²) in [5.41, 5.74) is 3.94. The zero-order valence-corrected chi connectivity index (χ0v) is 16.7. The van der Waals surface area contributed by atoms with Crippen LogP contribution in [-0.4, -0.2) is 57.8 Å². The van der Waals surface area contributed by atoms with Crippen molar-refractivity contribution < 1.29 is 9.59 Å². The van der Waals surface area contributed by atoms with Gasteiger partial charge >= 0.3 is 0 Å². The molecule has 1 aromatic carbocycles. The van der Waals surface area contributed by atoms with E-state index in [4.69, 9.17) is 0 Å². The van der Waals surface area contributed by atoms with Gasteiger partial charge in [-0.15, -0.1) is 0 Å². The van der Waals surface area contributed by atoms with Crippen LogP contribution in [0, 0.1) is 0 Å². The number of benzene rings is 1. The Morgan fingerprint density at radius 1 is 1.00 bits per heavy atom. The number of carbonyl (C=O) groups is 2. The summed E-state index contributed by atoms with van der Waals surface area (Å²) in [5.74, 6) is 1.15. The van der Waals surface area contributed by atoms with Crippen molar-refractivity contribution >= 4 is 11.8 Å². The number of aromatic nitrogens is 2. The second-order valence-corrected chi connectivity index (χ2v) is 8.07. The first-order valence-corrected chi connectivity index (χ1v) is 10.3. The molecule has 4 rings (SSSR count). The molecule has 2 aromatic rings. The fourth-order valence-corrected chi connectivity index (χ4v) is 4.17. The molecule has 28 heavy (non-hydrogen) atoms. The van der Waals surface area contributed by atoms with E-state index in [9.17, 15) is 9.59 Å². The lowest BCUT2D eigenvalue weighted by Crippen LogP contribution is -2.50. The van der Waals surface area contributed by atoms with Crippen molar-refractivity contribution in [3.8, 4) is 0 Å². The van der Waals surface area contributed by atoms with E-state index in [0.29, 0.717) is 31.9 Å². The van der Waals surface area contributed by atoms with Gasteiger partial charge in [0.15, 0.2) is 0 Å². The highest BCUT2D eigenvalue weighted by atomic mass is 16.2. The van der Waals surface area contributed by atoms with Gasteiger partial charge in [-0.2, -0.15) is 0 Å². The van der Waals surface area contributed by atoms with Gasteiger partial charge in [-0.05, 0) is 42.9 Å². The van der Waals surface area contributed by atoms with E-state index in [-0.39, 0.29) is 17.7 Å². The van der Waals surface area contributed by atoms with Crippen LogP contribution in [0.4, 0.5) is 0 Å². The van der Waals surface area contributed by atoms with E-state index < -0.39 is 0 Å². The third-order valence-corrected chi connectivity index (χ3v) is 5.85. The summed E-state index contributed by atoms with van der Waals surface area (Å²) in [5, 5.41) is 0. The largest absolute Gasteiger partial charge is 0.338 e. The van der Waals surface area contributed by atoms with Gasteiger partial charge < -0.3 is 14.8 Å². The Balaban J connectivity index is 1.41. The van der Waals surface area contributed by atoms with Gasteiger partial charge in [-0.1, -0.05) is 26.0 Å². The van der Waals surface area contributed by atoms with Crippen LogP contribution in [0.5, 0.6) is 0 Å². The number of amides is 2. The minimum Gasteiger partial charge on any atom is -0.338 e. The number of hydrogen-bond acceptors (Lipinski definition) is 3. The van der Waals surface area contributed by atoms with E-state index in [1.54, 1.807) is 6.20 Å². The smallest absolute Gasteiger partial charge is 0.272 e. The fourth-order valence-electron chi connectivity index (χ4n) is 4.17. The Hall–Kier alpha value is -2.63. The average Bonchev–Trinajstić information content (AvgIpc) is 3.23. The van der Waals surface area contributed by atoms with Crippen molar-refractivity contribution in [2.75, 3.05) is 26.2 Å². The Kier molecular flexibility index (Phi) is 5.20. The summed E-state index contributed by atoms with van der Waals surface area (Å²) >= 11 is 0. The second kappa shape index (κ2) is 7.78. The number of piperazine rings is 1. The minimum absolute atomic E-state index is 0.0383. The molecule has 6 heteroatoms. The third kappa shape index (κ3) is 3.55. The second-order valence-electron chi connectivity index (χ2n) is 8.07. The number of aryl methyl sites for hydroxylation is 1. The van der Waals surface area contributed by atoms with Crippen molar-refractivity contribution in [3.63, 3.8) is 0 Å². The van der Waals surface area contributed by atoms with Crippen molar-refractivity contribution in [2.45, 2.75) is 45.4 Å². The normalized spacial score (nSPS) is 17.0. The summed E-state index contributed by atoms with van der Waals surface area (Å²) in [6, 6.07) is 6.11. The van der Waals surface area contributed by atoms with Crippen LogP contribution in [0.1, 0.15) is 70.4 Å². The molecule has 148 valence electrons. The highest BCUT2D eigenvalue weighted by Crippen LogP contribution is 2.26. The van der Waals surface area contributed by atoms with Gasteiger partial charge in [0.1, 0.15) is 11.5 Å². The summed E-state index contributed by atoms with van der Waals surface area (Å²) in [7, 11) is 0. The monoisotopic (exact) mass is 380 g/mol. The number of aromatic amines is 1. The Morgan fingerprint density at radius 3 is 2.36 bits per heavy atom. The molecule has 2 aliphatic rings. The lowest BCUT2D eigenvalue weighted by atomic mass is 9.88. The standard InChI is InChI=1S/C22H28N4O2/c1-15(2)20-23-14-19(24-20)22(28)26-12-10-25(11-13-26)21(27)18-9-5-7-16-6-3-4-8-17(16)18/h5,7,9,14-15H,3-4,6,8,10-13H2,1-2H3,(H,23,24). The maximum absolute atomic E-state index is 13.1. The Labute approximate surface area is 165 Å². The third-order valence-electron chi connectivity index (χ3n) is 5.85. The van der Waals surface area contributed by atoms with Crippen LogP contribution in [0.3, 0.4) is 0 Å². The van der Waals surface area contributed by atoms with Gasteiger partial charge in [0.05, 0.1) is 6.20 Å². The molecular formula is C22H28N4O2. The van der Waals surface area contributed by atoms with Crippen molar-refractivity contribution in [3.05, 3.63) is 52.6 Å². The number of nitrogens with one attached hydrogen (secondary N) is 1. The molecule has 1 fully saturated rings. The Bertz CT molecular complexity index is 878. The molecule has 0 saturated carbocycles. The molecule has 6 nitrogen and oxygen atoms in total. The van der Waals surface area contributed by atoms with Crippen LogP contribution in [0.2, 0.25) is 0 Å². The SMILES string of the molecule is CC(C)c1ncc(C(=O)N2CCN(C(=O)c3cccc4c3CCCC4)CC2)[nH]1. The van der Waals surface area contributed by atoms with Crippen LogP contribution >= 0.6 is 0 Å².